The number of methoxy groups -OCH3 is 2. The molecule has 0 aromatic heterocycles. The zero-order valence-electron chi connectivity index (χ0n) is 9.13. The van der Waals surface area contributed by atoms with E-state index in [0.29, 0.717) is 0 Å². The van der Waals surface area contributed by atoms with Crippen LogP contribution in [0.3, 0.4) is 0 Å². The molecular weight excluding hydrogens is 172 g/mol. The van der Waals surface area contributed by atoms with Crippen LogP contribution in [0, 0.1) is 0 Å². The lowest BCUT2D eigenvalue weighted by atomic mass is 9.89. The lowest BCUT2D eigenvalue weighted by Gasteiger charge is -2.38. The summed E-state index contributed by atoms with van der Waals surface area (Å²) >= 11 is 0. The minimum Gasteiger partial charge on any atom is -0.438 e. The first kappa shape index (κ1) is 12.2. The Morgan fingerprint density at radius 1 is 1.00 bits per heavy atom. The number of hydrogen-bond acceptors (Lipinski definition) is 4. The molecule has 0 aromatic carbocycles. The fourth-order valence-corrected chi connectivity index (χ4v) is 0.619. The molecule has 0 aliphatic heterocycles. The third-order valence-electron chi connectivity index (χ3n) is 2.47. The highest BCUT2D eigenvalue weighted by Crippen LogP contribution is 2.28. The van der Waals surface area contributed by atoms with Gasteiger partial charge in [0.1, 0.15) is 11.2 Å². The van der Waals surface area contributed by atoms with Gasteiger partial charge in [0.15, 0.2) is 0 Å². The fourth-order valence-electron chi connectivity index (χ4n) is 0.619. The van der Waals surface area contributed by atoms with Gasteiger partial charge in [-0.1, -0.05) is 0 Å². The largest absolute Gasteiger partial charge is 0.508 e. The van der Waals surface area contributed by atoms with E-state index in [1.165, 1.54) is 7.11 Å². The average Bonchev–Trinajstić information content (AvgIpc) is 2.03. The summed E-state index contributed by atoms with van der Waals surface area (Å²) in [6.07, 6.45) is -0.699. The molecule has 13 heavy (non-hydrogen) atoms. The van der Waals surface area contributed by atoms with Crippen LogP contribution in [0.1, 0.15) is 27.7 Å². The van der Waals surface area contributed by atoms with Gasteiger partial charge >= 0.3 is 6.16 Å². The van der Waals surface area contributed by atoms with Gasteiger partial charge in [-0.15, -0.1) is 0 Å². The van der Waals surface area contributed by atoms with Crippen molar-refractivity contribution in [2.24, 2.45) is 0 Å². The van der Waals surface area contributed by atoms with Gasteiger partial charge in [-0.25, -0.2) is 4.79 Å². The molecule has 0 heterocycles. The molecule has 0 rings (SSSR count). The first-order valence-electron chi connectivity index (χ1n) is 4.09. The van der Waals surface area contributed by atoms with E-state index >= 15 is 0 Å². The Balaban J connectivity index is 4.47. The van der Waals surface area contributed by atoms with Crippen molar-refractivity contribution in [3.05, 3.63) is 0 Å². The molecule has 0 N–H and O–H groups in total. The number of hydrogen-bond donors (Lipinski definition) is 0. The van der Waals surface area contributed by atoms with Crippen LogP contribution in [-0.2, 0) is 14.2 Å². The number of rotatable bonds is 3. The Bertz CT molecular complexity index is 184. The van der Waals surface area contributed by atoms with Crippen molar-refractivity contribution in [1.82, 2.24) is 0 Å². The Morgan fingerprint density at radius 3 is 1.77 bits per heavy atom. The van der Waals surface area contributed by atoms with Crippen LogP contribution >= 0.6 is 0 Å². The Kier molecular flexibility index (Phi) is 3.72. The summed E-state index contributed by atoms with van der Waals surface area (Å²) in [5, 5.41) is 0. The van der Waals surface area contributed by atoms with Crippen LogP contribution in [-0.4, -0.2) is 31.6 Å². The van der Waals surface area contributed by atoms with Gasteiger partial charge in [0, 0.05) is 7.11 Å². The second-order valence-electron chi connectivity index (χ2n) is 3.78. The first-order valence-corrected chi connectivity index (χ1v) is 4.09. The van der Waals surface area contributed by atoms with Crippen molar-refractivity contribution in [2.45, 2.75) is 38.9 Å². The lowest BCUT2D eigenvalue weighted by Crippen LogP contribution is -2.49. The number of carbonyl (C=O) groups is 1. The van der Waals surface area contributed by atoms with Gasteiger partial charge in [-0.3, -0.25) is 0 Å². The highest BCUT2D eigenvalue weighted by atomic mass is 16.7. The second kappa shape index (κ2) is 3.96. The van der Waals surface area contributed by atoms with Crippen LogP contribution < -0.4 is 0 Å². The summed E-state index contributed by atoms with van der Waals surface area (Å²) in [5.41, 5.74) is -1.28. The molecular formula is C9H18O4. The van der Waals surface area contributed by atoms with E-state index in [9.17, 15) is 4.79 Å². The van der Waals surface area contributed by atoms with Crippen molar-refractivity contribution in [3.8, 4) is 0 Å². The Morgan fingerprint density at radius 2 is 1.46 bits per heavy atom. The standard InChI is InChI=1S/C9H18O4/c1-8(2,12-6)9(3,4)13-7(10)11-5/h1-6H3. The fraction of sp³-hybridized carbons (Fsp3) is 0.889. The predicted molar refractivity (Wildman–Crippen MR) is 48.7 cm³/mol. The quantitative estimate of drug-likeness (QED) is 0.638. The smallest absolute Gasteiger partial charge is 0.438 e. The van der Waals surface area contributed by atoms with E-state index in [0.717, 1.165) is 0 Å². The summed E-state index contributed by atoms with van der Waals surface area (Å²) in [5.74, 6) is 0. The second-order valence-corrected chi connectivity index (χ2v) is 3.78. The third kappa shape index (κ3) is 2.88. The normalized spacial score (nSPS) is 12.5. The predicted octanol–water partition coefficient (Wildman–Crippen LogP) is 1.97. The summed E-state index contributed by atoms with van der Waals surface area (Å²) in [4.78, 5) is 10.9. The van der Waals surface area contributed by atoms with Gasteiger partial charge in [0.25, 0.3) is 0 Å². The Hall–Kier alpha value is -0.770. The number of carbonyl (C=O) groups excluding carboxylic acids is 1. The van der Waals surface area contributed by atoms with E-state index < -0.39 is 17.4 Å². The van der Waals surface area contributed by atoms with Crippen LogP contribution in [0.2, 0.25) is 0 Å². The van der Waals surface area contributed by atoms with E-state index in [2.05, 4.69) is 4.74 Å². The molecule has 4 nitrogen and oxygen atoms in total. The molecule has 0 aromatic rings. The first-order chi connectivity index (χ1) is 5.77. The molecule has 0 atom stereocenters. The van der Waals surface area contributed by atoms with Crippen LogP contribution in [0.25, 0.3) is 0 Å². The Labute approximate surface area is 79.2 Å². The molecule has 0 aliphatic rings. The maximum Gasteiger partial charge on any atom is 0.508 e. The zero-order valence-corrected chi connectivity index (χ0v) is 9.13. The molecule has 0 saturated carbocycles. The molecule has 0 radical (unpaired) electrons. The molecule has 0 fully saturated rings. The molecule has 0 spiro atoms. The third-order valence-corrected chi connectivity index (χ3v) is 2.47. The molecule has 4 heteroatoms. The summed E-state index contributed by atoms with van der Waals surface area (Å²) < 4.78 is 14.7. The monoisotopic (exact) mass is 190 g/mol. The van der Waals surface area contributed by atoms with Gasteiger partial charge in [0.05, 0.1) is 7.11 Å². The molecule has 0 unspecified atom stereocenters. The maximum atomic E-state index is 10.9. The van der Waals surface area contributed by atoms with Crippen LogP contribution in [0.4, 0.5) is 4.79 Å². The summed E-state index contributed by atoms with van der Waals surface area (Å²) in [7, 11) is 2.85. The SMILES string of the molecule is COC(=O)OC(C)(C)C(C)(C)OC. The highest BCUT2D eigenvalue weighted by Gasteiger charge is 2.41. The van der Waals surface area contributed by atoms with E-state index in [1.807, 2.05) is 13.8 Å². The summed E-state index contributed by atoms with van der Waals surface area (Å²) in [6, 6.07) is 0. The average molecular weight is 190 g/mol. The maximum absolute atomic E-state index is 10.9. The molecule has 0 aliphatic carbocycles. The molecule has 0 amide bonds. The van der Waals surface area contributed by atoms with Crippen molar-refractivity contribution >= 4 is 6.16 Å². The van der Waals surface area contributed by atoms with E-state index in [4.69, 9.17) is 9.47 Å². The topological polar surface area (TPSA) is 44.8 Å². The molecule has 0 bridgehead atoms. The zero-order chi connectivity index (χ0) is 10.7. The van der Waals surface area contributed by atoms with Gasteiger partial charge in [-0.05, 0) is 27.7 Å². The van der Waals surface area contributed by atoms with Crippen molar-refractivity contribution in [3.63, 3.8) is 0 Å². The van der Waals surface area contributed by atoms with Crippen LogP contribution in [0.15, 0.2) is 0 Å². The minimum atomic E-state index is -0.727. The van der Waals surface area contributed by atoms with Gasteiger partial charge in [-0.2, -0.15) is 0 Å². The van der Waals surface area contributed by atoms with Gasteiger partial charge in [0.2, 0.25) is 0 Å². The van der Waals surface area contributed by atoms with Gasteiger partial charge < -0.3 is 14.2 Å². The van der Waals surface area contributed by atoms with Crippen molar-refractivity contribution in [1.29, 1.82) is 0 Å². The highest BCUT2D eigenvalue weighted by molar-refractivity contribution is 5.60. The van der Waals surface area contributed by atoms with Crippen molar-refractivity contribution in [2.75, 3.05) is 14.2 Å². The van der Waals surface area contributed by atoms with Crippen LogP contribution in [0.5, 0.6) is 0 Å². The number of ether oxygens (including phenoxy) is 3. The van der Waals surface area contributed by atoms with Crippen molar-refractivity contribution < 1.29 is 19.0 Å². The molecule has 0 saturated heterocycles. The molecule has 78 valence electrons. The van der Waals surface area contributed by atoms with E-state index in [-0.39, 0.29) is 0 Å². The lowest BCUT2D eigenvalue weighted by molar-refractivity contribution is -0.143. The summed E-state index contributed by atoms with van der Waals surface area (Å²) in [6.45, 7) is 7.23. The minimum absolute atomic E-state index is 0.554. The van der Waals surface area contributed by atoms with E-state index in [1.54, 1.807) is 21.0 Å².